The maximum absolute atomic E-state index is 13.5. The number of hydrogen-bond acceptors (Lipinski definition) is 12. The van der Waals surface area contributed by atoms with Crippen LogP contribution in [-0.4, -0.2) is 127 Å². The molecule has 0 bridgehead atoms. The summed E-state index contributed by atoms with van der Waals surface area (Å²) in [5.41, 5.74) is 0.436. The van der Waals surface area contributed by atoms with E-state index < -0.39 is 47.0 Å². The SMILES string of the molecule is N#Cc1ccc(N2CCC(C(=O)Nc3ccc(N4CCC(CN5CCN(CCOc6ccc7c(c6)C(=O)N(C6CCC(=O)NC6=O)C7=O)CC5)CC4)cn3)CC2)cc1C(F)(F)F. The number of nitriles is 1. The van der Waals surface area contributed by atoms with Gasteiger partial charge < -0.3 is 24.8 Å². The quantitative estimate of drug-likeness (QED) is 0.265. The lowest BCUT2D eigenvalue weighted by Gasteiger charge is -2.39. The minimum atomic E-state index is -4.63. The third kappa shape index (κ3) is 9.38. The van der Waals surface area contributed by atoms with Gasteiger partial charge in [-0.2, -0.15) is 18.4 Å². The van der Waals surface area contributed by atoms with E-state index in [0.717, 1.165) is 75.3 Å². The molecule has 1 atom stereocenters. The first-order chi connectivity index (χ1) is 29.8. The lowest BCUT2D eigenvalue weighted by atomic mass is 9.95. The maximum atomic E-state index is 13.5. The van der Waals surface area contributed by atoms with Crippen molar-refractivity contribution in [3.8, 4) is 11.8 Å². The highest BCUT2D eigenvalue weighted by molar-refractivity contribution is 6.23. The molecule has 8 rings (SSSR count). The number of carbonyl (C=O) groups is 5. The summed E-state index contributed by atoms with van der Waals surface area (Å²) in [6.45, 7) is 8.59. The van der Waals surface area contributed by atoms with E-state index in [1.807, 2.05) is 17.0 Å². The second-order valence-corrected chi connectivity index (χ2v) is 16.6. The zero-order valence-corrected chi connectivity index (χ0v) is 34.2. The highest BCUT2D eigenvalue weighted by atomic mass is 19.4. The number of piperidine rings is 3. The van der Waals surface area contributed by atoms with E-state index in [4.69, 9.17) is 10.00 Å². The first kappa shape index (κ1) is 42.6. The summed E-state index contributed by atoms with van der Waals surface area (Å²) in [5.74, 6) is -1.09. The number of anilines is 3. The molecule has 62 heavy (non-hydrogen) atoms. The molecule has 4 saturated heterocycles. The lowest BCUT2D eigenvalue weighted by molar-refractivity contribution is -0.138. The van der Waals surface area contributed by atoms with Crippen molar-refractivity contribution < 1.29 is 41.9 Å². The van der Waals surface area contributed by atoms with Crippen LogP contribution in [0.1, 0.15) is 70.4 Å². The van der Waals surface area contributed by atoms with Crippen molar-refractivity contribution in [1.82, 2.24) is 25.0 Å². The fourth-order valence-electron chi connectivity index (χ4n) is 9.10. The fourth-order valence-corrected chi connectivity index (χ4v) is 9.10. The predicted molar refractivity (Wildman–Crippen MR) is 220 cm³/mol. The number of alkyl halides is 3. The number of fused-ring (bicyclic) bond motifs is 1. The summed E-state index contributed by atoms with van der Waals surface area (Å²) in [5, 5.41) is 14.2. The van der Waals surface area contributed by atoms with Crippen molar-refractivity contribution in [2.45, 2.75) is 50.7 Å². The number of piperazine rings is 1. The monoisotopic (exact) mass is 855 g/mol. The smallest absolute Gasteiger partial charge is 0.417 e. The second-order valence-electron chi connectivity index (χ2n) is 16.6. The first-order valence-electron chi connectivity index (χ1n) is 21.2. The number of hydrogen-bond donors (Lipinski definition) is 2. The zero-order chi connectivity index (χ0) is 43.5. The summed E-state index contributed by atoms with van der Waals surface area (Å²) in [4.78, 5) is 77.6. The van der Waals surface area contributed by atoms with E-state index in [1.165, 1.54) is 12.1 Å². The van der Waals surface area contributed by atoms with Crippen LogP contribution in [0.4, 0.5) is 30.4 Å². The van der Waals surface area contributed by atoms with Crippen LogP contribution in [0.5, 0.6) is 5.75 Å². The van der Waals surface area contributed by atoms with E-state index in [0.29, 0.717) is 62.3 Å². The molecule has 2 N–H and O–H groups in total. The van der Waals surface area contributed by atoms with Gasteiger partial charge in [0.15, 0.2) is 0 Å². The number of amides is 5. The van der Waals surface area contributed by atoms with E-state index in [1.54, 1.807) is 30.5 Å². The number of imide groups is 2. The van der Waals surface area contributed by atoms with Gasteiger partial charge in [-0.1, -0.05) is 0 Å². The average Bonchev–Trinajstić information content (AvgIpc) is 3.52. The van der Waals surface area contributed by atoms with Crippen molar-refractivity contribution in [2.24, 2.45) is 11.8 Å². The first-order valence-corrected chi connectivity index (χ1v) is 21.2. The summed E-state index contributed by atoms with van der Waals surface area (Å²) < 4.78 is 46.4. The third-order valence-corrected chi connectivity index (χ3v) is 12.7. The molecule has 0 spiro atoms. The van der Waals surface area contributed by atoms with Gasteiger partial charge in [0.2, 0.25) is 17.7 Å². The standard InChI is InChI=1S/C44H48F3N9O6/c45-44(46,47)36-23-31(2-1-30(36)25-48)54-15-11-29(12-16-54)40(58)50-38-7-3-32(26-49-38)55-13-9-28(10-14-55)27-53-19-17-52(18-20-53)21-22-62-33-4-5-34-35(24-33)43(61)56(42(34)60)37-6-8-39(57)51-41(37)59/h1-5,7,23-24,26,28-29,37H,6,8-22,27H2,(H,49,50,58)(H,51,57,59). The van der Waals surface area contributed by atoms with Crippen molar-refractivity contribution in [3.05, 3.63) is 77.0 Å². The van der Waals surface area contributed by atoms with E-state index >= 15 is 0 Å². The van der Waals surface area contributed by atoms with Crippen molar-refractivity contribution in [2.75, 3.05) is 87.2 Å². The van der Waals surface area contributed by atoms with Crippen LogP contribution in [0.15, 0.2) is 54.7 Å². The van der Waals surface area contributed by atoms with Crippen LogP contribution in [0, 0.1) is 23.2 Å². The summed E-state index contributed by atoms with van der Waals surface area (Å²) in [6, 6.07) is 12.9. The average molecular weight is 856 g/mol. The van der Waals surface area contributed by atoms with Crippen molar-refractivity contribution in [3.63, 3.8) is 0 Å². The number of ether oxygens (including phenoxy) is 1. The summed E-state index contributed by atoms with van der Waals surface area (Å²) in [7, 11) is 0. The fraction of sp³-hybridized carbons (Fsp3) is 0.477. The lowest BCUT2D eigenvalue weighted by Crippen LogP contribution is -2.54. The minimum Gasteiger partial charge on any atom is -0.492 e. The Morgan fingerprint density at radius 3 is 2.18 bits per heavy atom. The Balaban J connectivity index is 0.717. The number of pyridine rings is 1. The molecule has 5 aliphatic heterocycles. The normalized spacial score (nSPS) is 20.9. The van der Waals surface area contributed by atoms with Gasteiger partial charge in [0, 0.05) is 83.5 Å². The van der Waals surface area contributed by atoms with Gasteiger partial charge in [-0.3, -0.25) is 39.1 Å². The Bertz CT molecular complexity index is 2240. The van der Waals surface area contributed by atoms with Crippen LogP contribution in [-0.2, 0) is 20.6 Å². The number of aromatic nitrogens is 1. The molecule has 0 aliphatic carbocycles. The van der Waals surface area contributed by atoms with Crippen molar-refractivity contribution in [1.29, 1.82) is 5.26 Å². The number of rotatable bonds is 11. The molecule has 6 heterocycles. The predicted octanol–water partition coefficient (Wildman–Crippen LogP) is 4.14. The minimum absolute atomic E-state index is 0.0648. The second kappa shape index (κ2) is 18.1. The Morgan fingerprint density at radius 1 is 0.823 bits per heavy atom. The van der Waals surface area contributed by atoms with Crippen LogP contribution < -0.4 is 25.2 Å². The summed E-state index contributed by atoms with van der Waals surface area (Å²) in [6.07, 6.45) is 0.412. The molecule has 0 radical (unpaired) electrons. The molecule has 326 valence electrons. The van der Waals surface area contributed by atoms with E-state index in [-0.39, 0.29) is 35.8 Å². The summed E-state index contributed by atoms with van der Waals surface area (Å²) >= 11 is 0. The topological polar surface area (TPSA) is 172 Å². The molecule has 18 heteroatoms. The largest absolute Gasteiger partial charge is 0.492 e. The molecule has 1 unspecified atom stereocenters. The Labute approximate surface area is 356 Å². The molecule has 4 fully saturated rings. The molecule has 15 nitrogen and oxygen atoms in total. The van der Waals surface area contributed by atoms with E-state index in [2.05, 4.69) is 30.3 Å². The van der Waals surface area contributed by atoms with Gasteiger partial charge in [-0.05, 0) is 86.6 Å². The Kier molecular flexibility index (Phi) is 12.5. The van der Waals surface area contributed by atoms with Gasteiger partial charge in [0.25, 0.3) is 11.8 Å². The Morgan fingerprint density at radius 2 is 1.50 bits per heavy atom. The molecule has 2 aromatic carbocycles. The van der Waals surface area contributed by atoms with E-state index in [9.17, 15) is 37.1 Å². The van der Waals surface area contributed by atoms with Gasteiger partial charge in [-0.25, -0.2) is 4.98 Å². The molecular weight excluding hydrogens is 808 g/mol. The highest BCUT2D eigenvalue weighted by Crippen LogP contribution is 2.36. The number of benzene rings is 2. The molecular formula is C44H48F3N9O6. The molecule has 5 amide bonds. The zero-order valence-electron chi connectivity index (χ0n) is 34.2. The van der Waals surface area contributed by atoms with Gasteiger partial charge in [0.1, 0.15) is 24.2 Å². The number of nitrogens with one attached hydrogen (secondary N) is 2. The third-order valence-electron chi connectivity index (χ3n) is 12.7. The highest BCUT2D eigenvalue weighted by Gasteiger charge is 2.45. The Hall–Kier alpha value is -6.06. The molecule has 3 aromatic rings. The molecule has 0 saturated carbocycles. The van der Waals surface area contributed by atoms with Crippen LogP contribution in [0.3, 0.4) is 0 Å². The van der Waals surface area contributed by atoms with Crippen molar-refractivity contribution >= 4 is 46.7 Å². The van der Waals surface area contributed by atoms with Crippen LogP contribution >= 0.6 is 0 Å². The number of nitrogens with zero attached hydrogens (tertiary/aromatic N) is 7. The number of carbonyl (C=O) groups excluding carboxylic acids is 5. The van der Waals surface area contributed by atoms with Gasteiger partial charge >= 0.3 is 6.18 Å². The van der Waals surface area contributed by atoms with Crippen LogP contribution in [0.2, 0.25) is 0 Å². The van der Waals surface area contributed by atoms with Gasteiger partial charge in [-0.15, -0.1) is 0 Å². The molecule has 5 aliphatic rings. The van der Waals surface area contributed by atoms with Crippen LogP contribution in [0.25, 0.3) is 0 Å². The molecule has 1 aromatic heterocycles. The maximum Gasteiger partial charge on any atom is 0.417 e. The number of halogens is 3. The van der Waals surface area contributed by atoms with Gasteiger partial charge in [0.05, 0.1) is 40.2 Å².